The fraction of sp³-hybridized carbons (Fsp3) is 0.687. The van der Waals surface area contributed by atoms with Crippen molar-refractivity contribution in [2.45, 2.75) is 329 Å². The Morgan fingerprint density at radius 3 is 0.873 bits per heavy atom. The summed E-state index contributed by atoms with van der Waals surface area (Å²) in [6, 6.07) is 0. The average Bonchev–Trinajstić information content (AvgIpc) is 0.924. The number of ether oxygens (including phenoxy) is 4. The van der Waals surface area contributed by atoms with Crippen molar-refractivity contribution in [1.82, 2.24) is 0 Å². The fourth-order valence-corrected chi connectivity index (χ4v) is 11.8. The van der Waals surface area contributed by atoms with Crippen molar-refractivity contribution in [2.75, 3.05) is 39.6 Å². The van der Waals surface area contributed by atoms with Crippen LogP contribution in [0.1, 0.15) is 310 Å². The molecule has 19 heteroatoms. The molecule has 0 spiro atoms. The Kier molecular flexibility index (Phi) is 71.0. The Morgan fingerprint density at radius 1 is 0.294 bits per heavy atom. The quantitative estimate of drug-likeness (QED) is 0.0169. The predicted molar refractivity (Wildman–Crippen MR) is 418 cm³/mol. The molecule has 0 heterocycles. The molecule has 5 atom stereocenters. The molecule has 584 valence electrons. The molecule has 0 aromatic carbocycles. The van der Waals surface area contributed by atoms with Gasteiger partial charge in [0.2, 0.25) is 0 Å². The second-order valence-corrected chi connectivity index (χ2v) is 28.8. The van der Waals surface area contributed by atoms with Crippen molar-refractivity contribution in [3.05, 3.63) is 134 Å². The average molecular weight is 1470 g/mol. The molecular weight excluding hydrogens is 1330 g/mol. The molecule has 0 aliphatic heterocycles. The van der Waals surface area contributed by atoms with E-state index >= 15 is 0 Å². The van der Waals surface area contributed by atoms with Crippen molar-refractivity contribution >= 4 is 39.5 Å². The number of phosphoric ester groups is 2. The zero-order valence-electron chi connectivity index (χ0n) is 63.7. The predicted octanol–water partition coefficient (Wildman–Crippen LogP) is 22.9. The van der Waals surface area contributed by atoms with E-state index in [1.54, 1.807) is 12.2 Å². The van der Waals surface area contributed by atoms with Crippen LogP contribution in [0.5, 0.6) is 0 Å². The van der Waals surface area contributed by atoms with Crippen LogP contribution < -0.4 is 0 Å². The van der Waals surface area contributed by atoms with E-state index in [1.165, 1.54) is 122 Å². The number of aliphatic hydroxyl groups is 1. The van der Waals surface area contributed by atoms with Gasteiger partial charge in [0.15, 0.2) is 12.2 Å². The number of unbranched alkanes of at least 4 members (excludes halogenated alkanes) is 26. The van der Waals surface area contributed by atoms with Gasteiger partial charge in [0.05, 0.1) is 32.8 Å². The summed E-state index contributed by atoms with van der Waals surface area (Å²) in [5, 5.41) is 10.6. The van der Waals surface area contributed by atoms with Crippen molar-refractivity contribution in [3.8, 4) is 0 Å². The highest BCUT2D eigenvalue weighted by atomic mass is 31.2. The lowest BCUT2D eigenvalue weighted by molar-refractivity contribution is -0.161. The summed E-state index contributed by atoms with van der Waals surface area (Å²) in [6.07, 6.45) is 83.4. The van der Waals surface area contributed by atoms with Gasteiger partial charge in [-0.3, -0.25) is 37.3 Å². The van der Waals surface area contributed by atoms with Crippen LogP contribution in [0.15, 0.2) is 134 Å². The molecule has 0 saturated carbocycles. The van der Waals surface area contributed by atoms with E-state index in [9.17, 15) is 43.2 Å². The van der Waals surface area contributed by atoms with Crippen LogP contribution in [0.3, 0.4) is 0 Å². The molecule has 0 bridgehead atoms. The molecule has 0 aliphatic carbocycles. The first-order chi connectivity index (χ1) is 49.7. The van der Waals surface area contributed by atoms with E-state index in [2.05, 4.69) is 119 Å². The third-order valence-corrected chi connectivity index (χ3v) is 18.1. The van der Waals surface area contributed by atoms with E-state index in [1.807, 2.05) is 30.4 Å². The second kappa shape index (κ2) is 74.5. The minimum atomic E-state index is -5.02. The maximum atomic E-state index is 13.1. The topological polar surface area (TPSA) is 237 Å². The molecule has 0 amide bonds. The van der Waals surface area contributed by atoms with Crippen LogP contribution in [0.25, 0.3) is 0 Å². The molecule has 0 rings (SSSR count). The summed E-state index contributed by atoms with van der Waals surface area (Å²) in [4.78, 5) is 72.8. The van der Waals surface area contributed by atoms with Crippen LogP contribution in [0, 0.1) is 0 Å². The molecule has 102 heavy (non-hydrogen) atoms. The van der Waals surface area contributed by atoms with Gasteiger partial charge in [0.1, 0.15) is 19.3 Å². The maximum Gasteiger partial charge on any atom is 0.472 e. The van der Waals surface area contributed by atoms with Crippen LogP contribution in [-0.4, -0.2) is 96.7 Å². The zero-order chi connectivity index (χ0) is 74.6. The number of hydrogen-bond donors (Lipinski definition) is 3. The van der Waals surface area contributed by atoms with Gasteiger partial charge in [-0.05, 0) is 89.9 Å². The number of rotatable bonds is 73. The molecule has 0 radical (unpaired) electrons. The Bertz CT molecular complexity index is 2460. The van der Waals surface area contributed by atoms with E-state index in [-0.39, 0.29) is 25.7 Å². The Labute approximate surface area is 618 Å². The van der Waals surface area contributed by atoms with Gasteiger partial charge >= 0.3 is 39.5 Å². The summed E-state index contributed by atoms with van der Waals surface area (Å²) in [5.41, 5.74) is 0. The largest absolute Gasteiger partial charge is 0.472 e. The SMILES string of the molecule is CC/C=C\C/C=C\C/C=C\C/C=C\C/C=C\C/C=C\CCC(=O)OCC(COP(=O)(O)OCC(O)COP(=O)(O)OCC(COC(=O)CCCCCCCCCCCCCCCCC)OC(=O)CCCCCCCCCCCCCCC)OC(=O)C/C=C\C/C=C\C/C=C\C/C=C\C/C=C\CC. The minimum Gasteiger partial charge on any atom is -0.462 e. The van der Waals surface area contributed by atoms with Crippen molar-refractivity contribution in [3.63, 3.8) is 0 Å². The van der Waals surface area contributed by atoms with Crippen molar-refractivity contribution < 1.29 is 80.2 Å². The Hall–Kier alpha value is -4.80. The summed E-state index contributed by atoms with van der Waals surface area (Å²) >= 11 is 0. The number of hydrogen-bond acceptors (Lipinski definition) is 15. The van der Waals surface area contributed by atoms with E-state index in [0.29, 0.717) is 32.1 Å². The standard InChI is InChI=1S/C83H140O17P2/c1-5-9-13-17-21-25-29-33-36-37-38-39-42-45-48-52-56-60-64-68-81(86)94-74-79(100-83(88)70-66-62-58-54-50-46-41-35-31-27-23-19-15-11-7-3)76-98-102(91,92)96-72-77(84)71-95-101(89,90)97-75-78(99-82(87)69-65-61-57-53-49-43-32-28-24-20-16-12-8-4)73-93-80(85)67-63-59-55-51-47-44-40-34-30-26-22-18-14-10-6-2/h9,11,13,15,21,23,25,27,33,35-36,38-39,41,45,48,50,54,56,60,62,66,77-79,84H,5-8,10,12,14,16-20,22,24,26,28-32,34,37,40,42-44,46-47,49,51-53,55,57-59,61,63-65,67-76H2,1-4H3,(H,89,90)(H,91,92)/b13-9-,15-11-,25-21-,27-23-,36-33-,39-38-,41-35-,48-45-,54-50-,60-56-,66-62-. The molecule has 0 aliphatic rings. The van der Waals surface area contributed by atoms with Crippen LogP contribution in [0.4, 0.5) is 0 Å². The summed E-state index contributed by atoms with van der Waals surface area (Å²) in [6.45, 7) is 4.47. The third kappa shape index (κ3) is 73.5. The first-order valence-electron chi connectivity index (χ1n) is 39.4. The highest BCUT2D eigenvalue weighted by Gasteiger charge is 2.30. The highest BCUT2D eigenvalue weighted by molar-refractivity contribution is 7.47. The van der Waals surface area contributed by atoms with Gasteiger partial charge in [-0.1, -0.05) is 328 Å². The molecule has 0 fully saturated rings. The lowest BCUT2D eigenvalue weighted by Gasteiger charge is -2.21. The molecule has 0 saturated heterocycles. The zero-order valence-corrected chi connectivity index (χ0v) is 65.5. The monoisotopic (exact) mass is 1470 g/mol. The Balaban J connectivity index is 5.47. The Morgan fingerprint density at radius 2 is 0.549 bits per heavy atom. The second-order valence-electron chi connectivity index (χ2n) is 25.9. The van der Waals surface area contributed by atoms with Gasteiger partial charge in [0, 0.05) is 19.3 Å². The molecular formula is C83H140O17P2. The third-order valence-electron chi connectivity index (χ3n) is 16.2. The number of carbonyl (C=O) groups excluding carboxylic acids is 4. The number of phosphoric acid groups is 2. The molecule has 3 N–H and O–H groups in total. The number of carbonyl (C=O) groups is 4. The van der Waals surface area contributed by atoms with Gasteiger partial charge in [-0.25, -0.2) is 9.13 Å². The van der Waals surface area contributed by atoms with Crippen LogP contribution in [-0.2, 0) is 65.4 Å². The number of allylic oxidation sites excluding steroid dienone is 21. The fourth-order valence-electron chi connectivity index (χ4n) is 10.3. The maximum absolute atomic E-state index is 13.1. The smallest absolute Gasteiger partial charge is 0.462 e. The lowest BCUT2D eigenvalue weighted by Crippen LogP contribution is -2.30. The van der Waals surface area contributed by atoms with E-state index in [0.717, 1.165) is 103 Å². The minimum absolute atomic E-state index is 0.0136. The van der Waals surface area contributed by atoms with E-state index < -0.39 is 97.5 Å². The van der Waals surface area contributed by atoms with Gasteiger partial charge < -0.3 is 33.8 Å². The number of esters is 4. The molecule has 17 nitrogen and oxygen atoms in total. The lowest BCUT2D eigenvalue weighted by atomic mass is 10.0. The summed E-state index contributed by atoms with van der Waals surface area (Å²) in [7, 11) is -10.0. The van der Waals surface area contributed by atoms with Gasteiger partial charge in [0.25, 0.3) is 0 Å². The van der Waals surface area contributed by atoms with Crippen LogP contribution >= 0.6 is 15.6 Å². The van der Waals surface area contributed by atoms with Crippen molar-refractivity contribution in [2.24, 2.45) is 0 Å². The van der Waals surface area contributed by atoms with Gasteiger partial charge in [-0.2, -0.15) is 0 Å². The summed E-state index contributed by atoms with van der Waals surface area (Å²) in [5.74, 6) is -2.41. The van der Waals surface area contributed by atoms with Crippen LogP contribution in [0.2, 0.25) is 0 Å². The first kappa shape index (κ1) is 97.2. The normalized spacial score (nSPS) is 14.6. The van der Waals surface area contributed by atoms with Crippen molar-refractivity contribution in [1.29, 1.82) is 0 Å². The number of aliphatic hydroxyl groups excluding tert-OH is 1. The molecule has 0 aromatic heterocycles. The van der Waals surface area contributed by atoms with E-state index in [4.69, 9.17) is 37.0 Å². The van der Waals surface area contributed by atoms with Gasteiger partial charge in [-0.15, -0.1) is 0 Å². The molecule has 5 unspecified atom stereocenters. The molecule has 0 aromatic rings. The summed E-state index contributed by atoms with van der Waals surface area (Å²) < 4.78 is 68.3. The highest BCUT2D eigenvalue weighted by Crippen LogP contribution is 2.45. The first-order valence-corrected chi connectivity index (χ1v) is 42.4.